The maximum absolute atomic E-state index is 12.0. The van der Waals surface area contributed by atoms with E-state index in [0.717, 1.165) is 31.9 Å². The first-order valence-electron chi connectivity index (χ1n) is 5.08. The Bertz CT molecular complexity index is 357. The Morgan fingerprint density at radius 3 is 2.67 bits per heavy atom. The molecule has 1 aromatic heterocycles. The summed E-state index contributed by atoms with van der Waals surface area (Å²) >= 11 is 1.19. The van der Waals surface area contributed by atoms with E-state index in [0.29, 0.717) is 4.88 Å². The van der Waals surface area contributed by atoms with Gasteiger partial charge in [-0.25, -0.2) is 0 Å². The summed E-state index contributed by atoms with van der Waals surface area (Å²) < 4.78 is 3.79. The number of hydrogen-bond donors (Lipinski definition) is 1. The molecule has 0 atom stereocenters. The number of hydrogen-bond acceptors (Lipinski definition) is 4. The monoisotopic (exact) mass is 227 g/mol. The zero-order valence-corrected chi connectivity index (χ0v) is 9.80. The quantitative estimate of drug-likeness (QED) is 0.657. The lowest BCUT2D eigenvalue weighted by atomic mass is 10.3. The van der Waals surface area contributed by atoms with Gasteiger partial charge in [-0.05, 0) is 18.5 Å². The van der Waals surface area contributed by atoms with Crippen LogP contribution in [0.2, 0.25) is 0 Å². The SMILES string of the molecule is Cc1nnsc1C(=O)N1CC[NH+](C)CC1. The number of rotatable bonds is 1. The number of nitrogens with one attached hydrogen (secondary N) is 1. The van der Waals surface area contributed by atoms with Crippen LogP contribution in [-0.2, 0) is 0 Å². The number of aryl methyl sites for hydroxylation is 1. The van der Waals surface area contributed by atoms with Gasteiger partial charge in [-0.3, -0.25) is 4.79 Å². The number of nitrogens with zero attached hydrogens (tertiary/aromatic N) is 3. The molecule has 0 spiro atoms. The van der Waals surface area contributed by atoms with Gasteiger partial charge in [0.15, 0.2) is 0 Å². The van der Waals surface area contributed by atoms with E-state index in [9.17, 15) is 4.79 Å². The smallest absolute Gasteiger partial charge is 0.267 e. The first-order valence-corrected chi connectivity index (χ1v) is 5.85. The van der Waals surface area contributed by atoms with Crippen LogP contribution in [0.4, 0.5) is 0 Å². The molecule has 5 nitrogen and oxygen atoms in total. The van der Waals surface area contributed by atoms with Crippen molar-refractivity contribution < 1.29 is 9.69 Å². The Labute approximate surface area is 92.9 Å². The standard InChI is InChI=1S/C9H14N4OS/c1-7-8(15-11-10-7)9(14)13-5-3-12(2)4-6-13/h3-6H2,1-2H3/p+1. The molecule has 1 saturated heterocycles. The lowest BCUT2D eigenvalue weighted by molar-refractivity contribution is -0.883. The molecule has 1 amide bonds. The predicted octanol–water partition coefficient (Wildman–Crippen LogP) is -1.18. The Hall–Kier alpha value is -1.01. The molecule has 1 N–H and O–H groups in total. The highest BCUT2D eigenvalue weighted by atomic mass is 32.1. The molecule has 6 heteroatoms. The van der Waals surface area contributed by atoms with Gasteiger partial charge in [0.2, 0.25) is 0 Å². The summed E-state index contributed by atoms with van der Waals surface area (Å²) in [6.07, 6.45) is 0. The van der Waals surface area contributed by atoms with Gasteiger partial charge in [0.1, 0.15) is 4.88 Å². The van der Waals surface area contributed by atoms with E-state index >= 15 is 0 Å². The summed E-state index contributed by atoms with van der Waals surface area (Å²) in [6.45, 7) is 5.55. The van der Waals surface area contributed by atoms with Crippen LogP contribution in [0.3, 0.4) is 0 Å². The number of carbonyl (C=O) groups excluding carboxylic acids is 1. The summed E-state index contributed by atoms with van der Waals surface area (Å²) in [5.74, 6) is 0.0926. The van der Waals surface area contributed by atoms with Crippen molar-refractivity contribution in [3.05, 3.63) is 10.6 Å². The topological polar surface area (TPSA) is 50.5 Å². The zero-order chi connectivity index (χ0) is 10.8. The zero-order valence-electron chi connectivity index (χ0n) is 8.99. The van der Waals surface area contributed by atoms with Crippen LogP contribution in [0.1, 0.15) is 15.4 Å². The van der Waals surface area contributed by atoms with E-state index in [-0.39, 0.29) is 5.91 Å². The summed E-state index contributed by atoms with van der Waals surface area (Å²) in [5.41, 5.74) is 0.747. The van der Waals surface area contributed by atoms with Crippen molar-refractivity contribution in [2.75, 3.05) is 33.2 Å². The van der Waals surface area contributed by atoms with Crippen molar-refractivity contribution in [3.63, 3.8) is 0 Å². The number of amides is 1. The molecule has 1 fully saturated rings. The van der Waals surface area contributed by atoms with Crippen LogP contribution in [0, 0.1) is 6.92 Å². The Morgan fingerprint density at radius 1 is 1.47 bits per heavy atom. The summed E-state index contributed by atoms with van der Waals surface area (Å²) in [4.78, 5) is 16.1. The molecule has 0 unspecified atom stereocenters. The summed E-state index contributed by atoms with van der Waals surface area (Å²) in [6, 6.07) is 0. The van der Waals surface area contributed by atoms with Crippen molar-refractivity contribution in [2.24, 2.45) is 0 Å². The first-order chi connectivity index (χ1) is 7.18. The van der Waals surface area contributed by atoms with Crippen LogP contribution in [0.5, 0.6) is 0 Å². The van der Waals surface area contributed by atoms with Crippen molar-refractivity contribution in [3.8, 4) is 0 Å². The minimum Gasteiger partial charge on any atom is -0.334 e. The molecular formula is C9H15N4OS+. The fraction of sp³-hybridized carbons (Fsp3) is 0.667. The normalized spacial score (nSPS) is 18.1. The largest absolute Gasteiger partial charge is 0.334 e. The van der Waals surface area contributed by atoms with E-state index in [1.54, 1.807) is 0 Å². The highest BCUT2D eigenvalue weighted by Crippen LogP contribution is 2.12. The lowest BCUT2D eigenvalue weighted by Crippen LogP contribution is -3.12. The number of carbonyl (C=O) groups is 1. The average molecular weight is 227 g/mol. The van der Waals surface area contributed by atoms with Gasteiger partial charge in [-0.15, -0.1) is 5.10 Å². The van der Waals surface area contributed by atoms with Gasteiger partial charge in [0, 0.05) is 0 Å². The Balaban J connectivity index is 2.06. The highest BCUT2D eigenvalue weighted by Gasteiger charge is 2.25. The summed E-state index contributed by atoms with van der Waals surface area (Å²) in [7, 11) is 2.15. The van der Waals surface area contributed by atoms with Crippen molar-refractivity contribution in [1.29, 1.82) is 0 Å². The molecule has 1 aliphatic heterocycles. The molecule has 0 aromatic carbocycles. The second-order valence-electron chi connectivity index (χ2n) is 3.94. The van der Waals surface area contributed by atoms with Crippen LogP contribution in [0.25, 0.3) is 0 Å². The number of quaternary nitrogens is 1. The van der Waals surface area contributed by atoms with E-state index in [1.807, 2.05) is 11.8 Å². The molecule has 0 radical (unpaired) electrons. The Kier molecular flexibility index (Phi) is 2.97. The number of aromatic nitrogens is 2. The third kappa shape index (κ3) is 2.15. The predicted molar refractivity (Wildman–Crippen MR) is 57.2 cm³/mol. The van der Waals surface area contributed by atoms with Gasteiger partial charge in [0.05, 0.1) is 38.9 Å². The third-order valence-corrected chi connectivity index (χ3v) is 3.57. The maximum Gasteiger partial charge on any atom is 0.267 e. The molecule has 1 aromatic rings. The molecular weight excluding hydrogens is 212 g/mol. The van der Waals surface area contributed by atoms with Gasteiger partial charge in [0.25, 0.3) is 5.91 Å². The second kappa shape index (κ2) is 4.24. The van der Waals surface area contributed by atoms with Crippen molar-refractivity contribution >= 4 is 17.4 Å². The molecule has 0 saturated carbocycles. The van der Waals surface area contributed by atoms with E-state index in [2.05, 4.69) is 16.6 Å². The van der Waals surface area contributed by atoms with E-state index in [4.69, 9.17) is 0 Å². The molecule has 0 bridgehead atoms. The minimum absolute atomic E-state index is 0.0926. The maximum atomic E-state index is 12.0. The van der Waals surface area contributed by atoms with Crippen LogP contribution in [0.15, 0.2) is 0 Å². The van der Waals surface area contributed by atoms with Crippen molar-refractivity contribution in [2.45, 2.75) is 6.92 Å². The molecule has 0 aliphatic carbocycles. The molecule has 2 rings (SSSR count). The minimum atomic E-state index is 0.0926. The van der Waals surface area contributed by atoms with Crippen LogP contribution >= 0.6 is 11.5 Å². The summed E-state index contributed by atoms with van der Waals surface area (Å²) in [5, 5.41) is 3.86. The van der Waals surface area contributed by atoms with Crippen LogP contribution < -0.4 is 4.90 Å². The van der Waals surface area contributed by atoms with Gasteiger partial charge in [-0.2, -0.15) is 0 Å². The van der Waals surface area contributed by atoms with Gasteiger partial charge < -0.3 is 9.80 Å². The van der Waals surface area contributed by atoms with Gasteiger partial charge in [-0.1, -0.05) is 4.49 Å². The Morgan fingerprint density at radius 2 is 2.13 bits per heavy atom. The molecule has 15 heavy (non-hydrogen) atoms. The lowest BCUT2D eigenvalue weighted by Gasteiger charge is -2.29. The average Bonchev–Trinajstić information content (AvgIpc) is 2.65. The fourth-order valence-electron chi connectivity index (χ4n) is 1.66. The third-order valence-electron chi connectivity index (χ3n) is 2.75. The number of piperazine rings is 1. The highest BCUT2D eigenvalue weighted by molar-refractivity contribution is 7.07. The van der Waals surface area contributed by atoms with Gasteiger partial charge >= 0.3 is 0 Å². The molecule has 1 aliphatic rings. The first kappa shape index (κ1) is 10.5. The second-order valence-corrected chi connectivity index (χ2v) is 4.69. The van der Waals surface area contributed by atoms with Crippen molar-refractivity contribution in [1.82, 2.24) is 14.5 Å². The fourth-order valence-corrected chi connectivity index (χ4v) is 2.29. The van der Waals surface area contributed by atoms with E-state index in [1.165, 1.54) is 16.4 Å². The van der Waals surface area contributed by atoms with Crippen LogP contribution in [-0.4, -0.2) is 53.6 Å². The molecule has 2 heterocycles. The number of likely N-dealkylation sites (N-methyl/N-ethyl adjacent to an activating group) is 1. The molecule has 82 valence electrons. The van der Waals surface area contributed by atoms with E-state index < -0.39 is 0 Å².